The second-order valence-corrected chi connectivity index (χ2v) is 5.50. The van der Waals surface area contributed by atoms with Crippen molar-refractivity contribution < 1.29 is 15.0 Å². The van der Waals surface area contributed by atoms with Crippen LogP contribution in [0.25, 0.3) is 0 Å². The highest BCUT2D eigenvalue weighted by Crippen LogP contribution is 2.14. The molecule has 1 saturated heterocycles. The zero-order chi connectivity index (χ0) is 12.5. The van der Waals surface area contributed by atoms with Gasteiger partial charge in [-0.25, -0.2) is 0 Å². The fourth-order valence-corrected chi connectivity index (χ4v) is 1.75. The van der Waals surface area contributed by atoms with Crippen LogP contribution in [-0.2, 0) is 4.79 Å². The van der Waals surface area contributed by atoms with E-state index in [9.17, 15) is 15.0 Å². The van der Waals surface area contributed by atoms with Crippen molar-refractivity contribution >= 4 is 5.91 Å². The van der Waals surface area contributed by atoms with Crippen molar-refractivity contribution in [3.8, 4) is 0 Å². The van der Waals surface area contributed by atoms with Crippen LogP contribution in [-0.4, -0.2) is 57.9 Å². The summed E-state index contributed by atoms with van der Waals surface area (Å²) in [7, 11) is 0. The molecule has 1 unspecified atom stereocenters. The Hall–Kier alpha value is -0.650. The van der Waals surface area contributed by atoms with Crippen molar-refractivity contribution in [2.75, 3.05) is 13.1 Å². The number of hydrogen-bond donors (Lipinski definition) is 3. The molecule has 3 N–H and O–H groups in total. The van der Waals surface area contributed by atoms with E-state index in [2.05, 4.69) is 5.32 Å². The molecule has 5 heteroatoms. The third kappa shape index (κ3) is 3.43. The van der Waals surface area contributed by atoms with Gasteiger partial charge in [0.25, 0.3) is 0 Å². The molecule has 0 radical (unpaired) electrons. The predicted molar refractivity (Wildman–Crippen MR) is 60.9 cm³/mol. The summed E-state index contributed by atoms with van der Waals surface area (Å²) in [6.45, 7) is 8.24. The molecule has 0 aromatic rings. The SMILES string of the molecule is CC(C(=O)NC(C)(C)C)N1C[C@@H](O)[C@@H](O)C1. The molecule has 94 valence electrons. The fourth-order valence-electron chi connectivity index (χ4n) is 1.75. The number of β-amino-alcohol motifs (C(OH)–C–C–N with tert-alkyl or cyclic N) is 2. The van der Waals surface area contributed by atoms with Gasteiger partial charge in [-0.3, -0.25) is 9.69 Å². The molecular weight excluding hydrogens is 208 g/mol. The Morgan fingerprint density at radius 2 is 1.75 bits per heavy atom. The summed E-state index contributed by atoms with van der Waals surface area (Å²) in [4.78, 5) is 13.6. The monoisotopic (exact) mass is 230 g/mol. The fraction of sp³-hybridized carbons (Fsp3) is 0.909. The molecule has 1 aliphatic rings. The van der Waals surface area contributed by atoms with Crippen molar-refractivity contribution in [1.82, 2.24) is 10.2 Å². The number of likely N-dealkylation sites (tertiary alicyclic amines) is 1. The number of aliphatic hydroxyl groups is 2. The van der Waals surface area contributed by atoms with Crippen molar-refractivity contribution in [3.05, 3.63) is 0 Å². The molecule has 16 heavy (non-hydrogen) atoms. The normalized spacial score (nSPS) is 29.1. The molecule has 0 aromatic carbocycles. The van der Waals surface area contributed by atoms with Crippen LogP contribution in [0.1, 0.15) is 27.7 Å². The molecule has 3 atom stereocenters. The first-order valence-electron chi connectivity index (χ1n) is 5.63. The van der Waals surface area contributed by atoms with Crippen molar-refractivity contribution in [2.24, 2.45) is 0 Å². The van der Waals surface area contributed by atoms with Crippen LogP contribution in [0.2, 0.25) is 0 Å². The lowest BCUT2D eigenvalue weighted by molar-refractivity contribution is -0.127. The summed E-state index contributed by atoms with van der Waals surface area (Å²) in [6, 6.07) is -0.328. The summed E-state index contributed by atoms with van der Waals surface area (Å²) >= 11 is 0. The van der Waals surface area contributed by atoms with Gasteiger partial charge in [-0.05, 0) is 27.7 Å². The van der Waals surface area contributed by atoms with Crippen molar-refractivity contribution in [2.45, 2.75) is 51.5 Å². The Kier molecular flexibility index (Phi) is 3.93. The van der Waals surface area contributed by atoms with Gasteiger partial charge in [0.2, 0.25) is 5.91 Å². The maximum absolute atomic E-state index is 11.8. The minimum Gasteiger partial charge on any atom is -0.389 e. The molecule has 1 amide bonds. The molecule has 5 nitrogen and oxygen atoms in total. The van der Waals surface area contributed by atoms with E-state index in [1.807, 2.05) is 20.8 Å². The zero-order valence-corrected chi connectivity index (χ0v) is 10.4. The van der Waals surface area contributed by atoms with Crippen LogP contribution in [0.4, 0.5) is 0 Å². The maximum Gasteiger partial charge on any atom is 0.237 e. The molecule has 1 rings (SSSR count). The molecule has 0 bridgehead atoms. The summed E-state index contributed by atoms with van der Waals surface area (Å²) in [6.07, 6.45) is -1.49. The van der Waals surface area contributed by atoms with E-state index in [4.69, 9.17) is 0 Å². The molecule has 0 aliphatic carbocycles. The van der Waals surface area contributed by atoms with E-state index >= 15 is 0 Å². The summed E-state index contributed by atoms with van der Waals surface area (Å²) < 4.78 is 0. The summed E-state index contributed by atoms with van der Waals surface area (Å²) in [5.74, 6) is -0.0752. The maximum atomic E-state index is 11.8. The average molecular weight is 230 g/mol. The summed E-state index contributed by atoms with van der Waals surface area (Å²) in [5.41, 5.74) is -0.262. The van der Waals surface area contributed by atoms with Gasteiger partial charge >= 0.3 is 0 Å². The van der Waals surface area contributed by atoms with Gasteiger partial charge in [-0.2, -0.15) is 0 Å². The van der Waals surface area contributed by atoms with Crippen molar-refractivity contribution in [3.63, 3.8) is 0 Å². The number of amides is 1. The van der Waals surface area contributed by atoms with Crippen LogP contribution < -0.4 is 5.32 Å². The quantitative estimate of drug-likeness (QED) is 0.588. The van der Waals surface area contributed by atoms with Crippen LogP contribution in [0, 0.1) is 0 Å². The molecule has 0 saturated carbocycles. The molecule has 1 heterocycles. The number of carbonyl (C=O) groups is 1. The molecular formula is C11H22N2O3. The molecule has 1 aliphatic heterocycles. The third-order valence-corrected chi connectivity index (χ3v) is 2.71. The van der Waals surface area contributed by atoms with Gasteiger partial charge in [0.1, 0.15) is 0 Å². The van der Waals surface area contributed by atoms with Gasteiger partial charge in [-0.1, -0.05) is 0 Å². The second kappa shape index (κ2) is 4.69. The highest BCUT2D eigenvalue weighted by Gasteiger charge is 2.35. The lowest BCUT2D eigenvalue weighted by Gasteiger charge is -2.27. The van der Waals surface area contributed by atoms with E-state index in [1.54, 1.807) is 11.8 Å². The topological polar surface area (TPSA) is 72.8 Å². The number of aliphatic hydroxyl groups excluding tert-OH is 2. The summed E-state index contributed by atoms with van der Waals surface area (Å²) in [5, 5.41) is 21.7. The van der Waals surface area contributed by atoms with Crippen molar-refractivity contribution in [1.29, 1.82) is 0 Å². The van der Waals surface area contributed by atoms with Gasteiger partial charge in [0.15, 0.2) is 0 Å². The minimum absolute atomic E-state index is 0.0752. The lowest BCUT2D eigenvalue weighted by atomic mass is 10.1. The predicted octanol–water partition coefficient (Wildman–Crippen LogP) is -0.673. The zero-order valence-electron chi connectivity index (χ0n) is 10.4. The number of nitrogens with one attached hydrogen (secondary N) is 1. The van der Waals surface area contributed by atoms with E-state index in [1.165, 1.54) is 0 Å². The number of hydrogen-bond acceptors (Lipinski definition) is 4. The van der Waals surface area contributed by atoms with Crippen LogP contribution in [0.15, 0.2) is 0 Å². The van der Waals surface area contributed by atoms with Crippen LogP contribution in [0.3, 0.4) is 0 Å². The molecule has 0 spiro atoms. The van der Waals surface area contributed by atoms with Gasteiger partial charge < -0.3 is 15.5 Å². The molecule has 0 aromatic heterocycles. The number of rotatable bonds is 2. The Morgan fingerprint density at radius 1 is 1.31 bits per heavy atom. The number of nitrogens with zero attached hydrogens (tertiary/aromatic N) is 1. The van der Waals surface area contributed by atoms with E-state index in [0.717, 1.165) is 0 Å². The largest absolute Gasteiger partial charge is 0.389 e. The highest BCUT2D eigenvalue weighted by molar-refractivity contribution is 5.82. The Balaban J connectivity index is 2.52. The molecule has 1 fully saturated rings. The smallest absolute Gasteiger partial charge is 0.237 e. The van der Waals surface area contributed by atoms with Gasteiger partial charge in [0, 0.05) is 18.6 Å². The first-order chi connectivity index (χ1) is 7.20. The van der Waals surface area contributed by atoms with Crippen LogP contribution in [0.5, 0.6) is 0 Å². The minimum atomic E-state index is -0.745. The number of carbonyl (C=O) groups excluding carboxylic acids is 1. The average Bonchev–Trinajstić information content (AvgIpc) is 2.43. The third-order valence-electron chi connectivity index (χ3n) is 2.71. The first-order valence-corrected chi connectivity index (χ1v) is 5.63. The Morgan fingerprint density at radius 3 is 2.12 bits per heavy atom. The van der Waals surface area contributed by atoms with Gasteiger partial charge in [-0.15, -0.1) is 0 Å². The van der Waals surface area contributed by atoms with Gasteiger partial charge in [0.05, 0.1) is 18.2 Å². The van der Waals surface area contributed by atoms with E-state index < -0.39 is 12.2 Å². The first kappa shape index (κ1) is 13.4. The van der Waals surface area contributed by atoms with E-state index in [0.29, 0.717) is 13.1 Å². The lowest BCUT2D eigenvalue weighted by Crippen LogP contribution is -2.50. The standard InChI is InChI=1S/C11H22N2O3/c1-7(10(16)12-11(2,3)4)13-5-8(14)9(15)6-13/h7-9,14-15H,5-6H2,1-4H3,(H,12,16)/t7?,8-,9+. The highest BCUT2D eigenvalue weighted by atomic mass is 16.3. The Bertz CT molecular complexity index is 252. The Labute approximate surface area is 96.4 Å². The van der Waals surface area contributed by atoms with Crippen LogP contribution >= 0.6 is 0 Å². The van der Waals surface area contributed by atoms with E-state index in [-0.39, 0.29) is 17.5 Å². The second-order valence-electron chi connectivity index (χ2n) is 5.50.